The van der Waals surface area contributed by atoms with E-state index in [1.165, 1.54) is 24.3 Å². The van der Waals surface area contributed by atoms with Gasteiger partial charge in [0.25, 0.3) is 11.6 Å². The number of halogens is 1. The van der Waals surface area contributed by atoms with E-state index in [4.69, 9.17) is 0 Å². The molecule has 1 atom stereocenters. The van der Waals surface area contributed by atoms with E-state index in [0.717, 1.165) is 13.1 Å². The number of rotatable bonds is 2. The first kappa shape index (κ1) is 15.4. The first-order valence-corrected chi connectivity index (χ1v) is 5.85. The van der Waals surface area contributed by atoms with Gasteiger partial charge in [0.05, 0.1) is 4.92 Å². The highest BCUT2D eigenvalue weighted by molar-refractivity contribution is 5.94. The van der Waals surface area contributed by atoms with Gasteiger partial charge in [0, 0.05) is 43.4 Å². The summed E-state index contributed by atoms with van der Waals surface area (Å²) in [6, 6.07) is 5.88. The van der Waals surface area contributed by atoms with Gasteiger partial charge in [-0.05, 0) is 19.1 Å². The lowest BCUT2D eigenvalue weighted by atomic mass is 10.1. The molecule has 1 saturated heterocycles. The normalized spacial score (nSPS) is 18.6. The highest BCUT2D eigenvalue weighted by atomic mass is 35.5. The molecule has 0 saturated carbocycles. The molecular formula is C12H16ClN3O3. The summed E-state index contributed by atoms with van der Waals surface area (Å²) in [5.74, 6) is -0.0705. The summed E-state index contributed by atoms with van der Waals surface area (Å²) in [6.45, 7) is 4.20. The molecule has 19 heavy (non-hydrogen) atoms. The van der Waals surface area contributed by atoms with Crippen molar-refractivity contribution in [3.8, 4) is 0 Å². The van der Waals surface area contributed by atoms with Crippen molar-refractivity contribution < 1.29 is 9.72 Å². The van der Waals surface area contributed by atoms with Crippen LogP contribution in [-0.4, -0.2) is 41.4 Å². The van der Waals surface area contributed by atoms with E-state index in [0.29, 0.717) is 12.1 Å². The minimum absolute atomic E-state index is 0. The zero-order chi connectivity index (χ0) is 13.1. The Morgan fingerprint density at radius 1 is 1.42 bits per heavy atom. The molecule has 1 heterocycles. The number of nitrogens with zero attached hydrogens (tertiary/aromatic N) is 2. The van der Waals surface area contributed by atoms with Crippen LogP contribution in [0.25, 0.3) is 0 Å². The molecule has 0 aliphatic carbocycles. The lowest BCUT2D eigenvalue weighted by Gasteiger charge is -2.34. The van der Waals surface area contributed by atoms with Gasteiger partial charge in [-0.1, -0.05) is 0 Å². The molecule has 1 aromatic carbocycles. The summed E-state index contributed by atoms with van der Waals surface area (Å²) in [4.78, 5) is 24.1. The summed E-state index contributed by atoms with van der Waals surface area (Å²) in [5, 5.41) is 13.7. The number of nitro benzene ring substituents is 1. The number of hydrogen-bond donors (Lipinski definition) is 1. The third-order valence-corrected chi connectivity index (χ3v) is 3.09. The second kappa shape index (κ2) is 6.49. The van der Waals surface area contributed by atoms with Crippen LogP contribution in [0.3, 0.4) is 0 Å². The minimum Gasteiger partial charge on any atom is -0.333 e. The third kappa shape index (κ3) is 3.42. The molecule has 0 bridgehead atoms. The van der Waals surface area contributed by atoms with Crippen LogP contribution in [0.15, 0.2) is 24.3 Å². The average molecular weight is 286 g/mol. The molecule has 0 aromatic heterocycles. The van der Waals surface area contributed by atoms with E-state index in [-0.39, 0.29) is 30.0 Å². The number of nitro groups is 1. The van der Waals surface area contributed by atoms with Crippen LogP contribution in [0.1, 0.15) is 17.3 Å². The molecule has 1 N–H and O–H groups in total. The van der Waals surface area contributed by atoms with E-state index >= 15 is 0 Å². The van der Waals surface area contributed by atoms with Crippen molar-refractivity contribution in [2.24, 2.45) is 0 Å². The van der Waals surface area contributed by atoms with Crippen LogP contribution in [0.4, 0.5) is 5.69 Å². The van der Waals surface area contributed by atoms with Crippen LogP contribution in [0.2, 0.25) is 0 Å². The Morgan fingerprint density at radius 2 is 2.05 bits per heavy atom. The van der Waals surface area contributed by atoms with Gasteiger partial charge in [0.2, 0.25) is 0 Å². The van der Waals surface area contributed by atoms with E-state index in [9.17, 15) is 14.9 Å². The largest absolute Gasteiger partial charge is 0.333 e. The molecule has 0 spiro atoms. The number of amides is 1. The van der Waals surface area contributed by atoms with Crippen molar-refractivity contribution in [2.45, 2.75) is 13.0 Å². The van der Waals surface area contributed by atoms with Crippen molar-refractivity contribution in [3.63, 3.8) is 0 Å². The van der Waals surface area contributed by atoms with Gasteiger partial charge in [-0.2, -0.15) is 0 Å². The number of nitrogens with one attached hydrogen (secondary N) is 1. The first-order valence-electron chi connectivity index (χ1n) is 5.85. The van der Waals surface area contributed by atoms with E-state index in [1.807, 2.05) is 6.92 Å². The fraction of sp³-hybridized carbons (Fsp3) is 0.417. The van der Waals surface area contributed by atoms with Crippen LogP contribution in [-0.2, 0) is 0 Å². The monoisotopic (exact) mass is 285 g/mol. The van der Waals surface area contributed by atoms with Gasteiger partial charge in [-0.25, -0.2) is 0 Å². The number of carbonyl (C=O) groups is 1. The van der Waals surface area contributed by atoms with Gasteiger partial charge < -0.3 is 10.2 Å². The molecule has 1 fully saturated rings. The standard InChI is InChI=1S/C12H15N3O3.ClH/c1-9-8-13-6-7-14(9)12(16)10-2-4-11(5-3-10)15(17)18;/h2-5,9,13H,6-8H2,1H3;1H/t9-;/m0./s1. The molecule has 0 radical (unpaired) electrons. The van der Waals surface area contributed by atoms with Crippen molar-refractivity contribution >= 4 is 24.0 Å². The number of benzene rings is 1. The zero-order valence-electron chi connectivity index (χ0n) is 10.5. The Bertz CT molecular complexity index is 464. The van der Waals surface area contributed by atoms with Crippen molar-refractivity contribution in [3.05, 3.63) is 39.9 Å². The summed E-state index contributed by atoms with van der Waals surface area (Å²) < 4.78 is 0. The minimum atomic E-state index is -0.471. The van der Waals surface area contributed by atoms with E-state index < -0.39 is 4.92 Å². The predicted octanol–water partition coefficient (Wildman–Crippen LogP) is 1.45. The van der Waals surface area contributed by atoms with Crippen molar-refractivity contribution in [2.75, 3.05) is 19.6 Å². The molecule has 1 amide bonds. The van der Waals surface area contributed by atoms with Crippen LogP contribution in [0.5, 0.6) is 0 Å². The number of non-ortho nitro benzene ring substituents is 1. The highest BCUT2D eigenvalue weighted by Gasteiger charge is 2.24. The third-order valence-electron chi connectivity index (χ3n) is 3.09. The van der Waals surface area contributed by atoms with Gasteiger partial charge in [-0.15, -0.1) is 12.4 Å². The zero-order valence-corrected chi connectivity index (χ0v) is 11.4. The maximum atomic E-state index is 12.2. The Kier molecular flexibility index (Phi) is 5.26. The smallest absolute Gasteiger partial charge is 0.269 e. The second-order valence-electron chi connectivity index (χ2n) is 4.36. The molecule has 1 aromatic rings. The Morgan fingerprint density at radius 3 is 2.58 bits per heavy atom. The molecule has 7 heteroatoms. The fourth-order valence-electron chi connectivity index (χ4n) is 2.03. The van der Waals surface area contributed by atoms with Gasteiger partial charge in [0.1, 0.15) is 0 Å². The number of carbonyl (C=O) groups excluding carboxylic acids is 1. The van der Waals surface area contributed by atoms with Crippen LogP contribution in [0, 0.1) is 10.1 Å². The van der Waals surface area contributed by atoms with E-state index in [2.05, 4.69) is 5.32 Å². The molecule has 2 rings (SSSR count). The van der Waals surface area contributed by atoms with Gasteiger partial charge in [-0.3, -0.25) is 14.9 Å². The van der Waals surface area contributed by atoms with Crippen LogP contribution >= 0.6 is 12.4 Å². The summed E-state index contributed by atoms with van der Waals surface area (Å²) >= 11 is 0. The lowest BCUT2D eigenvalue weighted by Crippen LogP contribution is -2.52. The quantitative estimate of drug-likeness (QED) is 0.659. The molecule has 104 valence electrons. The van der Waals surface area contributed by atoms with Crippen molar-refractivity contribution in [1.29, 1.82) is 0 Å². The summed E-state index contributed by atoms with van der Waals surface area (Å²) in [6.07, 6.45) is 0. The van der Waals surface area contributed by atoms with Gasteiger partial charge >= 0.3 is 0 Å². The average Bonchev–Trinajstić information content (AvgIpc) is 2.38. The summed E-state index contributed by atoms with van der Waals surface area (Å²) in [5.41, 5.74) is 0.495. The highest BCUT2D eigenvalue weighted by Crippen LogP contribution is 2.15. The molecular weight excluding hydrogens is 270 g/mol. The Hall–Kier alpha value is -1.66. The fourth-order valence-corrected chi connectivity index (χ4v) is 2.03. The Balaban J connectivity index is 0.00000180. The Labute approximate surface area is 117 Å². The summed E-state index contributed by atoms with van der Waals surface area (Å²) in [7, 11) is 0. The lowest BCUT2D eigenvalue weighted by molar-refractivity contribution is -0.384. The van der Waals surface area contributed by atoms with Crippen LogP contribution < -0.4 is 5.32 Å². The molecule has 6 nitrogen and oxygen atoms in total. The molecule has 1 aliphatic heterocycles. The molecule has 0 unspecified atom stereocenters. The maximum Gasteiger partial charge on any atom is 0.269 e. The van der Waals surface area contributed by atoms with E-state index in [1.54, 1.807) is 4.90 Å². The first-order chi connectivity index (χ1) is 8.59. The molecule has 1 aliphatic rings. The maximum absolute atomic E-state index is 12.2. The number of piperazine rings is 1. The topological polar surface area (TPSA) is 75.5 Å². The second-order valence-corrected chi connectivity index (χ2v) is 4.36. The van der Waals surface area contributed by atoms with Gasteiger partial charge in [0.15, 0.2) is 0 Å². The SMILES string of the molecule is C[C@H]1CNCCN1C(=O)c1ccc([N+](=O)[O-])cc1.Cl. The number of hydrogen-bond acceptors (Lipinski definition) is 4. The predicted molar refractivity (Wildman–Crippen MR) is 73.7 cm³/mol. The van der Waals surface area contributed by atoms with Crippen molar-refractivity contribution in [1.82, 2.24) is 10.2 Å².